The van der Waals surface area contributed by atoms with Gasteiger partial charge in [-0.1, -0.05) is 11.6 Å². The van der Waals surface area contributed by atoms with Gasteiger partial charge < -0.3 is 9.52 Å². The first kappa shape index (κ1) is 12.4. The number of aliphatic hydroxyl groups excluding tert-OH is 1. The Kier molecular flexibility index (Phi) is 3.12. The number of aliphatic hydroxyl groups is 1. The first-order valence-electron chi connectivity index (χ1n) is 5.94. The minimum absolute atomic E-state index is 0.500. The molecule has 96 valence electrons. The first-order valence-corrected chi connectivity index (χ1v) is 6.73. The van der Waals surface area contributed by atoms with E-state index in [2.05, 4.69) is 20.9 Å². The summed E-state index contributed by atoms with van der Waals surface area (Å²) < 4.78 is 6.45. The number of benzene rings is 1. The molecular weight excluding hydrogens is 306 g/mol. The van der Waals surface area contributed by atoms with E-state index in [-0.39, 0.29) is 0 Å². The Morgan fingerprint density at radius 3 is 2.89 bits per heavy atom. The van der Waals surface area contributed by atoms with Gasteiger partial charge >= 0.3 is 0 Å². The summed E-state index contributed by atoms with van der Waals surface area (Å²) in [6, 6.07) is 11.4. The number of rotatable bonds is 2. The van der Waals surface area contributed by atoms with E-state index >= 15 is 0 Å². The van der Waals surface area contributed by atoms with Crippen LogP contribution >= 0.6 is 15.9 Å². The molecule has 3 rings (SSSR count). The van der Waals surface area contributed by atoms with Crippen LogP contribution in [0.25, 0.3) is 11.0 Å². The number of hydrogen-bond donors (Lipinski definition) is 1. The number of nitrogens with zero attached hydrogens (tertiary/aromatic N) is 1. The molecule has 2 aromatic heterocycles. The van der Waals surface area contributed by atoms with Crippen LogP contribution < -0.4 is 0 Å². The molecule has 0 bridgehead atoms. The van der Waals surface area contributed by atoms with Crippen LogP contribution in [-0.2, 0) is 0 Å². The molecule has 1 N–H and O–H groups in total. The third-order valence-corrected chi connectivity index (χ3v) is 3.68. The van der Waals surface area contributed by atoms with E-state index in [1.54, 1.807) is 6.20 Å². The lowest BCUT2D eigenvalue weighted by Crippen LogP contribution is -2.01. The Morgan fingerprint density at radius 2 is 2.11 bits per heavy atom. The largest absolute Gasteiger partial charge is 0.458 e. The highest BCUT2D eigenvalue weighted by Crippen LogP contribution is 2.30. The van der Waals surface area contributed by atoms with Crippen molar-refractivity contribution in [2.24, 2.45) is 0 Å². The SMILES string of the molecule is Cc1ccc2oc(C(O)c3ncccc3Br)cc2c1. The van der Waals surface area contributed by atoms with Gasteiger partial charge in [-0.05, 0) is 53.2 Å². The molecule has 0 aliphatic rings. The van der Waals surface area contributed by atoms with Crippen molar-refractivity contribution in [3.63, 3.8) is 0 Å². The number of furan rings is 1. The molecule has 1 aromatic carbocycles. The Hall–Kier alpha value is -1.65. The Labute approximate surface area is 119 Å². The molecule has 1 atom stereocenters. The van der Waals surface area contributed by atoms with Gasteiger partial charge in [0.25, 0.3) is 0 Å². The molecule has 0 aliphatic carbocycles. The second kappa shape index (κ2) is 4.79. The van der Waals surface area contributed by atoms with Crippen LogP contribution in [0.3, 0.4) is 0 Å². The summed E-state index contributed by atoms with van der Waals surface area (Å²) in [6.45, 7) is 2.03. The zero-order valence-electron chi connectivity index (χ0n) is 10.3. The summed E-state index contributed by atoms with van der Waals surface area (Å²) in [5.74, 6) is 0.500. The number of aryl methyl sites for hydroxylation is 1. The molecule has 0 aliphatic heterocycles. The Balaban J connectivity index is 2.07. The fourth-order valence-corrected chi connectivity index (χ4v) is 2.52. The van der Waals surface area contributed by atoms with Gasteiger partial charge in [-0.15, -0.1) is 0 Å². The molecule has 19 heavy (non-hydrogen) atoms. The van der Waals surface area contributed by atoms with Crippen LogP contribution in [0.1, 0.15) is 23.1 Å². The lowest BCUT2D eigenvalue weighted by molar-refractivity contribution is 0.187. The van der Waals surface area contributed by atoms with E-state index in [0.29, 0.717) is 11.5 Å². The second-order valence-electron chi connectivity index (χ2n) is 4.46. The summed E-state index contributed by atoms with van der Waals surface area (Å²) in [5.41, 5.74) is 2.48. The minimum atomic E-state index is -0.872. The number of aromatic nitrogens is 1. The van der Waals surface area contributed by atoms with E-state index in [4.69, 9.17) is 4.42 Å². The van der Waals surface area contributed by atoms with Crippen molar-refractivity contribution in [1.82, 2.24) is 4.98 Å². The van der Waals surface area contributed by atoms with Crippen LogP contribution in [0, 0.1) is 6.92 Å². The monoisotopic (exact) mass is 317 g/mol. The van der Waals surface area contributed by atoms with E-state index < -0.39 is 6.10 Å². The molecule has 0 saturated carbocycles. The third kappa shape index (κ3) is 2.29. The summed E-state index contributed by atoms with van der Waals surface area (Å²) in [6.07, 6.45) is 0.777. The molecule has 1 unspecified atom stereocenters. The quantitative estimate of drug-likeness (QED) is 0.777. The average Bonchev–Trinajstić information content (AvgIpc) is 2.81. The van der Waals surface area contributed by atoms with Crippen LogP contribution in [0.15, 0.2) is 51.5 Å². The molecule has 0 amide bonds. The van der Waals surface area contributed by atoms with Crippen molar-refractivity contribution in [2.45, 2.75) is 13.0 Å². The van der Waals surface area contributed by atoms with Gasteiger partial charge in [0.2, 0.25) is 0 Å². The third-order valence-electron chi connectivity index (χ3n) is 3.01. The average molecular weight is 318 g/mol. The lowest BCUT2D eigenvalue weighted by Gasteiger charge is -2.08. The van der Waals surface area contributed by atoms with Crippen molar-refractivity contribution < 1.29 is 9.52 Å². The highest BCUT2D eigenvalue weighted by molar-refractivity contribution is 9.10. The van der Waals surface area contributed by atoms with Gasteiger partial charge in [-0.25, -0.2) is 0 Å². The first-order chi connectivity index (χ1) is 9.15. The number of halogens is 1. The van der Waals surface area contributed by atoms with Crippen LogP contribution in [0.4, 0.5) is 0 Å². The van der Waals surface area contributed by atoms with Gasteiger partial charge in [0, 0.05) is 16.1 Å². The highest BCUT2D eigenvalue weighted by atomic mass is 79.9. The molecule has 4 heteroatoms. The second-order valence-corrected chi connectivity index (χ2v) is 5.32. The molecule has 3 nitrogen and oxygen atoms in total. The number of fused-ring (bicyclic) bond motifs is 1. The van der Waals surface area contributed by atoms with E-state index in [0.717, 1.165) is 21.0 Å². The molecular formula is C15H12BrNO2. The zero-order chi connectivity index (χ0) is 13.4. The van der Waals surface area contributed by atoms with Crippen molar-refractivity contribution in [3.8, 4) is 0 Å². The molecule has 3 aromatic rings. The molecule has 0 fully saturated rings. The standard InChI is InChI=1S/C15H12BrNO2/c1-9-4-5-12-10(7-9)8-13(19-12)15(18)14-11(16)3-2-6-17-14/h2-8,15,18H,1H3. The smallest absolute Gasteiger partial charge is 0.155 e. The summed E-state index contributed by atoms with van der Waals surface area (Å²) in [4.78, 5) is 4.19. The Morgan fingerprint density at radius 1 is 1.26 bits per heavy atom. The van der Waals surface area contributed by atoms with E-state index in [9.17, 15) is 5.11 Å². The van der Waals surface area contributed by atoms with Crippen molar-refractivity contribution in [2.75, 3.05) is 0 Å². The molecule has 2 heterocycles. The maximum absolute atomic E-state index is 10.4. The van der Waals surface area contributed by atoms with Gasteiger partial charge in [-0.2, -0.15) is 0 Å². The highest BCUT2D eigenvalue weighted by Gasteiger charge is 2.19. The van der Waals surface area contributed by atoms with Crippen molar-refractivity contribution in [3.05, 3.63) is 64.1 Å². The normalized spacial score (nSPS) is 12.8. The van der Waals surface area contributed by atoms with Crippen LogP contribution in [0.2, 0.25) is 0 Å². The predicted molar refractivity (Wildman–Crippen MR) is 76.9 cm³/mol. The lowest BCUT2D eigenvalue weighted by atomic mass is 10.1. The maximum atomic E-state index is 10.4. The van der Waals surface area contributed by atoms with Gasteiger partial charge in [0.05, 0.1) is 5.69 Å². The van der Waals surface area contributed by atoms with Crippen molar-refractivity contribution in [1.29, 1.82) is 0 Å². The van der Waals surface area contributed by atoms with Gasteiger partial charge in [0.1, 0.15) is 11.3 Å². The summed E-state index contributed by atoms with van der Waals surface area (Å²) in [5, 5.41) is 11.3. The number of hydrogen-bond acceptors (Lipinski definition) is 3. The molecule has 0 spiro atoms. The predicted octanol–water partition coefficient (Wildman–Crippen LogP) is 3.98. The van der Waals surface area contributed by atoms with Gasteiger partial charge in [0.15, 0.2) is 6.10 Å². The van der Waals surface area contributed by atoms with Gasteiger partial charge in [-0.3, -0.25) is 4.98 Å². The fraction of sp³-hybridized carbons (Fsp3) is 0.133. The fourth-order valence-electron chi connectivity index (χ4n) is 2.05. The maximum Gasteiger partial charge on any atom is 0.155 e. The summed E-state index contributed by atoms with van der Waals surface area (Å²) >= 11 is 3.39. The topological polar surface area (TPSA) is 46.3 Å². The molecule has 0 saturated heterocycles. The summed E-state index contributed by atoms with van der Waals surface area (Å²) in [7, 11) is 0. The van der Waals surface area contributed by atoms with E-state index in [1.807, 2.05) is 43.3 Å². The van der Waals surface area contributed by atoms with Crippen LogP contribution in [-0.4, -0.2) is 10.1 Å². The Bertz CT molecular complexity index is 736. The zero-order valence-corrected chi connectivity index (χ0v) is 11.9. The van der Waals surface area contributed by atoms with Crippen LogP contribution in [0.5, 0.6) is 0 Å². The molecule has 0 radical (unpaired) electrons. The van der Waals surface area contributed by atoms with Crippen molar-refractivity contribution >= 4 is 26.9 Å². The van der Waals surface area contributed by atoms with E-state index in [1.165, 1.54) is 0 Å². The minimum Gasteiger partial charge on any atom is -0.458 e. The number of pyridine rings is 1.